The number of anilines is 3. The van der Waals surface area contributed by atoms with Gasteiger partial charge >= 0.3 is 0 Å². The van der Waals surface area contributed by atoms with Gasteiger partial charge in [0.15, 0.2) is 0 Å². The molecule has 0 aliphatic heterocycles. The Labute approximate surface area is 334 Å². The van der Waals surface area contributed by atoms with Crippen molar-refractivity contribution in [2.75, 3.05) is 4.90 Å². The Morgan fingerprint density at radius 1 is 0.368 bits per heavy atom. The second kappa shape index (κ2) is 13.8. The molecule has 0 N–H and O–H groups in total. The molecule has 0 saturated heterocycles. The second-order valence-corrected chi connectivity index (χ2v) is 15.5. The van der Waals surface area contributed by atoms with Crippen LogP contribution in [0.3, 0.4) is 0 Å². The summed E-state index contributed by atoms with van der Waals surface area (Å²) in [7, 11) is 0. The summed E-state index contributed by atoms with van der Waals surface area (Å²) in [6, 6.07) is 73.5. The lowest BCUT2D eigenvalue weighted by Gasteiger charge is -2.26. The standard InChI is InChI=1S/C53H34N2OS/c1-4-10-35(11-5-1)37-18-24-44(25-19-37)55(46-28-22-41-30-40(16-17-42(41)31-46)36-12-6-2-7-13-36)45-26-20-38(21-27-45)43-23-29-47-48-33-52-49(34-51(48)56-50(47)32-43)54-53(57-52)39-14-8-3-9-15-39/h1-34H. The van der Waals surface area contributed by atoms with Crippen LogP contribution in [0.25, 0.3) is 86.9 Å². The van der Waals surface area contributed by atoms with Crippen molar-refractivity contribution in [1.29, 1.82) is 0 Å². The lowest BCUT2D eigenvalue weighted by atomic mass is 10.00. The molecular weight excluding hydrogens is 713 g/mol. The predicted octanol–water partition coefficient (Wildman–Crippen LogP) is 15.5. The fraction of sp³-hybridized carbons (Fsp3) is 0. The molecule has 268 valence electrons. The third kappa shape index (κ3) is 6.13. The van der Waals surface area contributed by atoms with Crippen LogP contribution in [0.1, 0.15) is 0 Å². The van der Waals surface area contributed by atoms with Gasteiger partial charge in [0.25, 0.3) is 0 Å². The Bertz CT molecular complexity index is 3210. The minimum absolute atomic E-state index is 0.857. The van der Waals surface area contributed by atoms with Crippen LogP contribution in [-0.4, -0.2) is 4.98 Å². The van der Waals surface area contributed by atoms with Gasteiger partial charge in [-0.2, -0.15) is 0 Å². The summed E-state index contributed by atoms with van der Waals surface area (Å²) in [5.74, 6) is 0. The summed E-state index contributed by atoms with van der Waals surface area (Å²) in [6.07, 6.45) is 0. The van der Waals surface area contributed by atoms with Gasteiger partial charge in [-0.15, -0.1) is 11.3 Å². The van der Waals surface area contributed by atoms with Gasteiger partial charge in [-0.3, -0.25) is 0 Å². The van der Waals surface area contributed by atoms with Gasteiger partial charge in [-0.05, 0) is 105 Å². The van der Waals surface area contributed by atoms with Crippen LogP contribution in [-0.2, 0) is 0 Å². The zero-order valence-electron chi connectivity index (χ0n) is 30.8. The number of nitrogens with zero attached hydrogens (tertiary/aromatic N) is 2. The number of benzene rings is 9. The molecule has 0 aliphatic carbocycles. The molecule has 0 atom stereocenters. The Kier molecular flexibility index (Phi) is 8.01. The van der Waals surface area contributed by atoms with Crippen LogP contribution < -0.4 is 4.90 Å². The van der Waals surface area contributed by atoms with E-state index in [4.69, 9.17) is 9.40 Å². The lowest BCUT2D eigenvalue weighted by molar-refractivity contribution is 0.669. The Hall–Kier alpha value is -7.27. The summed E-state index contributed by atoms with van der Waals surface area (Å²) in [5.41, 5.74) is 14.2. The largest absolute Gasteiger partial charge is 0.456 e. The molecule has 3 nitrogen and oxygen atoms in total. The molecule has 0 aliphatic rings. The van der Waals surface area contributed by atoms with Crippen molar-refractivity contribution in [2.45, 2.75) is 0 Å². The van der Waals surface area contributed by atoms with E-state index in [0.717, 1.165) is 70.9 Å². The average molecular weight is 747 g/mol. The van der Waals surface area contributed by atoms with Crippen LogP contribution >= 0.6 is 11.3 Å². The Morgan fingerprint density at radius 2 is 0.860 bits per heavy atom. The van der Waals surface area contributed by atoms with Gasteiger partial charge in [0.2, 0.25) is 0 Å². The van der Waals surface area contributed by atoms with Gasteiger partial charge in [0, 0.05) is 39.5 Å². The Morgan fingerprint density at radius 3 is 1.54 bits per heavy atom. The smallest absolute Gasteiger partial charge is 0.137 e. The molecule has 0 amide bonds. The molecular formula is C53H34N2OS. The van der Waals surface area contributed by atoms with E-state index < -0.39 is 0 Å². The number of hydrogen-bond donors (Lipinski definition) is 0. The van der Waals surface area contributed by atoms with Crippen molar-refractivity contribution < 1.29 is 4.42 Å². The van der Waals surface area contributed by atoms with Crippen LogP contribution in [0.15, 0.2) is 211 Å². The quantitative estimate of drug-likeness (QED) is 0.163. The highest BCUT2D eigenvalue weighted by atomic mass is 32.1. The average Bonchev–Trinajstić information content (AvgIpc) is 3.87. The first-order valence-corrected chi connectivity index (χ1v) is 20.0. The molecule has 11 rings (SSSR count). The van der Waals surface area contributed by atoms with E-state index in [1.807, 2.05) is 6.07 Å². The molecule has 0 bridgehead atoms. The zero-order valence-corrected chi connectivity index (χ0v) is 31.7. The van der Waals surface area contributed by atoms with Gasteiger partial charge in [-0.25, -0.2) is 4.98 Å². The predicted molar refractivity (Wildman–Crippen MR) is 241 cm³/mol. The summed E-state index contributed by atoms with van der Waals surface area (Å²) in [5, 5.41) is 5.65. The molecule has 11 aromatic rings. The van der Waals surface area contributed by atoms with E-state index in [2.05, 4.69) is 205 Å². The first-order chi connectivity index (χ1) is 28.2. The monoisotopic (exact) mass is 746 g/mol. The van der Waals surface area contributed by atoms with E-state index in [9.17, 15) is 0 Å². The van der Waals surface area contributed by atoms with Crippen molar-refractivity contribution >= 4 is 71.3 Å². The van der Waals surface area contributed by atoms with Crippen LogP contribution in [0.4, 0.5) is 17.1 Å². The maximum Gasteiger partial charge on any atom is 0.137 e. The van der Waals surface area contributed by atoms with Crippen molar-refractivity contribution in [1.82, 2.24) is 4.98 Å². The van der Waals surface area contributed by atoms with Crippen molar-refractivity contribution in [2.24, 2.45) is 0 Å². The third-order valence-corrected chi connectivity index (χ3v) is 12.0. The summed E-state index contributed by atoms with van der Waals surface area (Å²) < 4.78 is 7.64. The highest BCUT2D eigenvalue weighted by Gasteiger charge is 2.16. The molecule has 9 aromatic carbocycles. The van der Waals surface area contributed by atoms with E-state index in [1.165, 1.54) is 33.0 Å². The number of rotatable bonds is 7. The van der Waals surface area contributed by atoms with E-state index >= 15 is 0 Å². The van der Waals surface area contributed by atoms with E-state index in [-0.39, 0.29) is 0 Å². The fourth-order valence-electron chi connectivity index (χ4n) is 7.95. The molecule has 0 radical (unpaired) electrons. The first-order valence-electron chi connectivity index (χ1n) is 19.2. The van der Waals surface area contributed by atoms with Crippen LogP contribution in [0, 0.1) is 0 Å². The first kappa shape index (κ1) is 33.1. The molecule has 0 fully saturated rings. The molecule has 57 heavy (non-hydrogen) atoms. The molecule has 2 aromatic heterocycles. The maximum atomic E-state index is 6.48. The lowest BCUT2D eigenvalue weighted by Crippen LogP contribution is -2.09. The summed E-state index contributed by atoms with van der Waals surface area (Å²) >= 11 is 1.72. The van der Waals surface area contributed by atoms with Gasteiger partial charge < -0.3 is 9.32 Å². The van der Waals surface area contributed by atoms with Gasteiger partial charge in [-0.1, -0.05) is 140 Å². The summed E-state index contributed by atoms with van der Waals surface area (Å²) in [6.45, 7) is 0. The van der Waals surface area contributed by atoms with E-state index in [0.29, 0.717) is 0 Å². The number of aromatic nitrogens is 1. The fourth-order valence-corrected chi connectivity index (χ4v) is 8.94. The van der Waals surface area contributed by atoms with Gasteiger partial charge in [0.05, 0.1) is 10.2 Å². The zero-order chi connectivity index (χ0) is 37.7. The van der Waals surface area contributed by atoms with Crippen LogP contribution in [0.5, 0.6) is 0 Å². The van der Waals surface area contributed by atoms with E-state index in [1.54, 1.807) is 11.3 Å². The number of fused-ring (bicyclic) bond motifs is 5. The number of furan rings is 1. The van der Waals surface area contributed by atoms with Crippen molar-refractivity contribution in [3.05, 3.63) is 206 Å². The Balaban J connectivity index is 0.944. The second-order valence-electron chi connectivity index (χ2n) is 14.4. The summed E-state index contributed by atoms with van der Waals surface area (Å²) in [4.78, 5) is 7.28. The van der Waals surface area contributed by atoms with Crippen molar-refractivity contribution in [3.8, 4) is 44.0 Å². The third-order valence-electron chi connectivity index (χ3n) is 10.9. The SMILES string of the molecule is c1ccc(-c2ccc(N(c3ccc(-c4ccc5c(c4)oc4cc6nc(-c7ccccc7)sc6cc45)cc3)c3ccc4cc(-c5ccccc5)ccc4c3)cc2)cc1. The maximum absolute atomic E-state index is 6.48. The number of thiazole rings is 1. The normalized spacial score (nSPS) is 11.5. The highest BCUT2D eigenvalue weighted by Crippen LogP contribution is 2.41. The molecule has 0 unspecified atom stereocenters. The highest BCUT2D eigenvalue weighted by molar-refractivity contribution is 7.21. The van der Waals surface area contributed by atoms with Crippen molar-refractivity contribution in [3.63, 3.8) is 0 Å². The minimum Gasteiger partial charge on any atom is -0.456 e. The number of hydrogen-bond acceptors (Lipinski definition) is 4. The van der Waals surface area contributed by atoms with Gasteiger partial charge in [0.1, 0.15) is 16.2 Å². The topological polar surface area (TPSA) is 29.3 Å². The van der Waals surface area contributed by atoms with Crippen LogP contribution in [0.2, 0.25) is 0 Å². The minimum atomic E-state index is 0.857. The molecule has 2 heterocycles. The molecule has 0 spiro atoms. The molecule has 4 heteroatoms. The molecule has 0 saturated carbocycles.